The summed E-state index contributed by atoms with van der Waals surface area (Å²) in [4.78, 5) is 6.50. The second-order valence-electron chi connectivity index (χ2n) is 5.36. The largest absolute Gasteiger partial charge is 0.395 e. The van der Waals surface area contributed by atoms with Gasteiger partial charge in [-0.1, -0.05) is 26.8 Å². The predicted octanol–water partition coefficient (Wildman–Crippen LogP) is 1.82. The molecule has 4 heteroatoms. The molecule has 0 saturated heterocycles. The molecule has 1 aromatic heterocycles. The number of pyridine rings is 1. The van der Waals surface area contributed by atoms with E-state index in [0.29, 0.717) is 13.2 Å². The third-order valence-electron chi connectivity index (χ3n) is 2.87. The molecule has 0 fully saturated rings. The van der Waals surface area contributed by atoms with Crippen molar-refractivity contribution in [1.29, 1.82) is 0 Å². The normalized spacial score (nSPS) is 11.6. The SMILES string of the molecule is COCCN(CCO)c1ccc(C(C)(C)C)cn1. The molecule has 1 aromatic rings. The summed E-state index contributed by atoms with van der Waals surface area (Å²) in [5.41, 5.74) is 1.32. The quantitative estimate of drug-likeness (QED) is 0.839. The molecule has 0 bridgehead atoms. The molecule has 4 nitrogen and oxygen atoms in total. The van der Waals surface area contributed by atoms with E-state index in [1.165, 1.54) is 5.56 Å². The van der Waals surface area contributed by atoms with Crippen LogP contribution in [0.3, 0.4) is 0 Å². The Morgan fingerprint density at radius 2 is 2.00 bits per heavy atom. The lowest BCUT2D eigenvalue weighted by Gasteiger charge is -2.24. The molecule has 1 N–H and O–H groups in total. The van der Waals surface area contributed by atoms with E-state index in [2.05, 4.69) is 31.8 Å². The van der Waals surface area contributed by atoms with E-state index in [1.807, 2.05) is 17.2 Å². The maximum absolute atomic E-state index is 9.07. The summed E-state index contributed by atoms with van der Waals surface area (Å²) in [7, 11) is 1.67. The lowest BCUT2D eigenvalue weighted by atomic mass is 9.88. The number of anilines is 1. The Balaban J connectivity index is 2.79. The van der Waals surface area contributed by atoms with Gasteiger partial charge in [0, 0.05) is 26.4 Å². The molecule has 1 heterocycles. The molecule has 0 saturated carbocycles. The first-order valence-corrected chi connectivity index (χ1v) is 6.30. The zero-order valence-electron chi connectivity index (χ0n) is 11.8. The lowest BCUT2D eigenvalue weighted by molar-refractivity contribution is 0.202. The van der Waals surface area contributed by atoms with Crippen LogP contribution in [0.2, 0.25) is 0 Å². The molecule has 0 aromatic carbocycles. The molecule has 0 atom stereocenters. The van der Waals surface area contributed by atoms with Crippen LogP contribution in [0.5, 0.6) is 0 Å². The van der Waals surface area contributed by atoms with Crippen LogP contribution in [0, 0.1) is 0 Å². The van der Waals surface area contributed by atoms with Crippen LogP contribution >= 0.6 is 0 Å². The first kappa shape index (κ1) is 14.9. The monoisotopic (exact) mass is 252 g/mol. The molecule has 102 valence electrons. The van der Waals surface area contributed by atoms with Crippen LogP contribution in [-0.2, 0) is 10.2 Å². The van der Waals surface area contributed by atoms with Crippen molar-refractivity contribution in [1.82, 2.24) is 4.98 Å². The molecular formula is C14H24N2O2. The van der Waals surface area contributed by atoms with Crippen molar-refractivity contribution in [3.05, 3.63) is 23.9 Å². The number of ether oxygens (including phenoxy) is 1. The van der Waals surface area contributed by atoms with E-state index in [-0.39, 0.29) is 12.0 Å². The second kappa shape index (κ2) is 6.71. The molecule has 0 radical (unpaired) electrons. The number of rotatable bonds is 6. The van der Waals surface area contributed by atoms with E-state index in [9.17, 15) is 0 Å². The van der Waals surface area contributed by atoms with E-state index in [4.69, 9.17) is 9.84 Å². The van der Waals surface area contributed by atoms with Crippen molar-refractivity contribution in [2.75, 3.05) is 38.3 Å². The van der Waals surface area contributed by atoms with E-state index in [1.54, 1.807) is 7.11 Å². The van der Waals surface area contributed by atoms with Gasteiger partial charge in [-0.15, -0.1) is 0 Å². The van der Waals surface area contributed by atoms with E-state index in [0.717, 1.165) is 12.4 Å². The minimum Gasteiger partial charge on any atom is -0.395 e. The average Bonchev–Trinajstić information content (AvgIpc) is 2.33. The lowest BCUT2D eigenvalue weighted by Crippen LogP contribution is -2.31. The van der Waals surface area contributed by atoms with Gasteiger partial charge in [0.15, 0.2) is 0 Å². The Kier molecular flexibility index (Phi) is 5.56. The van der Waals surface area contributed by atoms with Crippen molar-refractivity contribution in [2.24, 2.45) is 0 Å². The van der Waals surface area contributed by atoms with Gasteiger partial charge in [-0.05, 0) is 17.0 Å². The van der Waals surface area contributed by atoms with Crippen molar-refractivity contribution in [3.63, 3.8) is 0 Å². The van der Waals surface area contributed by atoms with Crippen LogP contribution < -0.4 is 4.90 Å². The molecule has 0 aliphatic rings. The second-order valence-corrected chi connectivity index (χ2v) is 5.36. The highest BCUT2D eigenvalue weighted by Crippen LogP contribution is 2.22. The highest BCUT2D eigenvalue weighted by Gasteiger charge is 2.15. The average molecular weight is 252 g/mol. The molecular weight excluding hydrogens is 228 g/mol. The van der Waals surface area contributed by atoms with Crippen molar-refractivity contribution < 1.29 is 9.84 Å². The number of hydrogen-bond acceptors (Lipinski definition) is 4. The van der Waals surface area contributed by atoms with Crippen LogP contribution in [0.15, 0.2) is 18.3 Å². The van der Waals surface area contributed by atoms with Crippen molar-refractivity contribution in [3.8, 4) is 0 Å². The Bertz CT molecular complexity index is 344. The minimum atomic E-state index is 0.111. The number of aromatic nitrogens is 1. The number of aliphatic hydroxyl groups excluding tert-OH is 1. The van der Waals surface area contributed by atoms with Gasteiger partial charge in [0.2, 0.25) is 0 Å². The predicted molar refractivity (Wildman–Crippen MR) is 74.1 cm³/mol. The van der Waals surface area contributed by atoms with Gasteiger partial charge < -0.3 is 14.7 Å². The first-order chi connectivity index (χ1) is 8.49. The van der Waals surface area contributed by atoms with E-state index < -0.39 is 0 Å². The summed E-state index contributed by atoms with van der Waals surface area (Å²) in [6.45, 7) is 8.56. The molecule has 0 aliphatic carbocycles. The smallest absolute Gasteiger partial charge is 0.128 e. The summed E-state index contributed by atoms with van der Waals surface area (Å²) in [5, 5.41) is 9.07. The maximum atomic E-state index is 9.07. The standard InChI is InChI=1S/C14H24N2O2/c1-14(2,3)12-5-6-13(15-11-12)16(7-9-17)8-10-18-4/h5-6,11,17H,7-10H2,1-4H3. The Hall–Kier alpha value is -1.13. The highest BCUT2D eigenvalue weighted by molar-refractivity contribution is 5.40. The van der Waals surface area contributed by atoms with Crippen LogP contribution in [-0.4, -0.2) is 43.5 Å². The minimum absolute atomic E-state index is 0.111. The molecule has 0 aliphatic heterocycles. The Morgan fingerprint density at radius 3 is 2.44 bits per heavy atom. The van der Waals surface area contributed by atoms with Gasteiger partial charge in [0.25, 0.3) is 0 Å². The third-order valence-corrected chi connectivity index (χ3v) is 2.87. The van der Waals surface area contributed by atoms with Gasteiger partial charge in [0.05, 0.1) is 13.2 Å². The summed E-state index contributed by atoms with van der Waals surface area (Å²) >= 11 is 0. The molecule has 18 heavy (non-hydrogen) atoms. The fourth-order valence-electron chi connectivity index (χ4n) is 1.68. The zero-order chi connectivity index (χ0) is 13.6. The number of hydrogen-bond donors (Lipinski definition) is 1. The molecule has 0 amide bonds. The molecule has 0 spiro atoms. The van der Waals surface area contributed by atoms with Gasteiger partial charge in [-0.25, -0.2) is 4.98 Å². The summed E-state index contributed by atoms with van der Waals surface area (Å²) in [5.74, 6) is 0.883. The van der Waals surface area contributed by atoms with Crippen LogP contribution in [0.1, 0.15) is 26.3 Å². The van der Waals surface area contributed by atoms with Crippen LogP contribution in [0.4, 0.5) is 5.82 Å². The van der Waals surface area contributed by atoms with Gasteiger partial charge >= 0.3 is 0 Å². The number of aliphatic hydroxyl groups is 1. The van der Waals surface area contributed by atoms with Crippen LogP contribution in [0.25, 0.3) is 0 Å². The summed E-state index contributed by atoms with van der Waals surface area (Å²) < 4.78 is 5.07. The Labute approximate surface area is 110 Å². The molecule has 0 unspecified atom stereocenters. The summed E-state index contributed by atoms with van der Waals surface area (Å²) in [6.07, 6.45) is 1.91. The zero-order valence-corrected chi connectivity index (χ0v) is 11.8. The van der Waals surface area contributed by atoms with Gasteiger partial charge in [0.1, 0.15) is 5.82 Å². The third kappa shape index (κ3) is 4.27. The molecule has 1 rings (SSSR count). The summed E-state index contributed by atoms with van der Waals surface area (Å²) in [6, 6.07) is 4.10. The van der Waals surface area contributed by atoms with Crippen molar-refractivity contribution >= 4 is 5.82 Å². The number of nitrogens with zero attached hydrogens (tertiary/aromatic N) is 2. The fourth-order valence-corrected chi connectivity index (χ4v) is 1.68. The Morgan fingerprint density at radius 1 is 1.28 bits per heavy atom. The fraction of sp³-hybridized carbons (Fsp3) is 0.643. The van der Waals surface area contributed by atoms with Gasteiger partial charge in [-0.3, -0.25) is 0 Å². The maximum Gasteiger partial charge on any atom is 0.128 e. The highest BCUT2D eigenvalue weighted by atomic mass is 16.5. The van der Waals surface area contributed by atoms with Gasteiger partial charge in [-0.2, -0.15) is 0 Å². The number of methoxy groups -OCH3 is 1. The van der Waals surface area contributed by atoms with Crippen molar-refractivity contribution in [2.45, 2.75) is 26.2 Å². The van der Waals surface area contributed by atoms with E-state index >= 15 is 0 Å². The topological polar surface area (TPSA) is 45.6 Å². The first-order valence-electron chi connectivity index (χ1n) is 6.30.